The highest BCUT2D eigenvalue weighted by atomic mass is 16.2. The van der Waals surface area contributed by atoms with E-state index in [1.807, 2.05) is 13.8 Å². The number of fused-ring (bicyclic) bond motifs is 5. The minimum Gasteiger partial charge on any atom is -0.269 e. The maximum absolute atomic E-state index is 12.1. The molecule has 0 aromatic rings. The highest BCUT2D eigenvalue weighted by molar-refractivity contribution is 5.86. The molecule has 0 spiro atoms. The molecule has 2 unspecified atom stereocenters. The van der Waals surface area contributed by atoms with Crippen molar-refractivity contribution < 1.29 is 9.48 Å². The Labute approximate surface area is 117 Å². The highest BCUT2D eigenvalue weighted by Crippen LogP contribution is 2.51. The summed E-state index contributed by atoms with van der Waals surface area (Å²) in [6, 6.07) is 0.445. The lowest BCUT2D eigenvalue weighted by Gasteiger charge is -2.21. The van der Waals surface area contributed by atoms with Gasteiger partial charge in [-0.05, 0) is 25.2 Å². The Morgan fingerprint density at radius 1 is 1.21 bits per heavy atom. The molecule has 1 saturated heterocycles. The van der Waals surface area contributed by atoms with E-state index in [0.29, 0.717) is 12.0 Å². The van der Waals surface area contributed by atoms with Gasteiger partial charge in [-0.2, -0.15) is 0 Å². The van der Waals surface area contributed by atoms with Crippen LogP contribution in [-0.4, -0.2) is 22.3 Å². The van der Waals surface area contributed by atoms with E-state index in [9.17, 15) is 4.79 Å². The van der Waals surface area contributed by atoms with Crippen molar-refractivity contribution in [3.63, 3.8) is 0 Å². The number of amides is 1. The monoisotopic (exact) mass is 265 g/mol. The molecule has 1 heterocycles. The number of hydrogen-bond acceptors (Lipinski definition) is 1. The van der Waals surface area contributed by atoms with E-state index < -0.39 is 0 Å². The number of carbonyl (C=O) groups is 1. The molecular formula is C16H29N2O+. The Bertz CT molecular complexity index is 405. The Morgan fingerprint density at radius 3 is 2.37 bits per heavy atom. The van der Waals surface area contributed by atoms with Gasteiger partial charge in [0.05, 0.1) is 0 Å². The van der Waals surface area contributed by atoms with Gasteiger partial charge in [0.15, 0.2) is 11.8 Å². The molecule has 1 N–H and O–H groups in total. The SMILES string of the molecule is C/C(=[N+]1/NC(=O)[C@H]2C3CCC(C3)[C@H]21)C(C)(C)C.CC. The zero-order valence-electron chi connectivity index (χ0n) is 13.3. The van der Waals surface area contributed by atoms with Crippen LogP contribution in [0.15, 0.2) is 0 Å². The standard InChI is InChI=1S/C14H22N2O.C2H6/c1-8(14(2,3)4)16-12-10-6-5-9(7-10)11(12)13(17)15-16;1-2/h9-12H,5-7H2,1-4H3;1-2H3/p+1/b16-8-;/t9?,10?,11-,12+;/m0./s1. The van der Waals surface area contributed by atoms with Gasteiger partial charge in [0, 0.05) is 18.3 Å². The average molecular weight is 265 g/mol. The van der Waals surface area contributed by atoms with Crippen molar-refractivity contribution in [1.82, 2.24) is 5.43 Å². The van der Waals surface area contributed by atoms with E-state index in [0.717, 1.165) is 5.92 Å². The van der Waals surface area contributed by atoms with Crippen LogP contribution in [0.4, 0.5) is 0 Å². The average Bonchev–Trinajstić information content (AvgIpc) is 3.02. The van der Waals surface area contributed by atoms with Crippen LogP contribution in [0.2, 0.25) is 0 Å². The van der Waals surface area contributed by atoms with E-state index in [4.69, 9.17) is 0 Å². The Hall–Kier alpha value is -0.860. The Balaban J connectivity index is 0.000000637. The van der Waals surface area contributed by atoms with Gasteiger partial charge >= 0.3 is 0 Å². The first-order valence-corrected chi connectivity index (χ1v) is 7.83. The third-order valence-electron chi connectivity index (χ3n) is 5.15. The quantitative estimate of drug-likeness (QED) is 0.671. The second-order valence-electron chi connectivity index (χ2n) is 7.03. The van der Waals surface area contributed by atoms with Gasteiger partial charge in [-0.15, -0.1) is 10.1 Å². The van der Waals surface area contributed by atoms with Crippen LogP contribution < -0.4 is 5.43 Å². The second-order valence-corrected chi connectivity index (χ2v) is 7.03. The molecule has 0 aromatic carbocycles. The number of hydrazone groups is 1. The molecule has 19 heavy (non-hydrogen) atoms. The lowest BCUT2D eigenvalue weighted by Crippen LogP contribution is -2.41. The molecule has 3 aliphatic rings. The number of nitrogens with zero attached hydrogens (tertiary/aromatic N) is 1. The molecule has 2 saturated carbocycles. The molecule has 108 valence electrons. The summed E-state index contributed by atoms with van der Waals surface area (Å²) in [5.41, 5.74) is 4.55. The van der Waals surface area contributed by atoms with E-state index in [2.05, 4.69) is 37.8 Å². The zero-order valence-corrected chi connectivity index (χ0v) is 13.3. The molecule has 1 amide bonds. The van der Waals surface area contributed by atoms with Crippen molar-refractivity contribution in [2.75, 3.05) is 0 Å². The summed E-state index contributed by atoms with van der Waals surface area (Å²) in [5, 5.41) is 0. The van der Waals surface area contributed by atoms with Crippen molar-refractivity contribution in [2.24, 2.45) is 23.2 Å². The minimum absolute atomic E-state index is 0.129. The summed E-state index contributed by atoms with van der Waals surface area (Å²) < 4.78 is 2.21. The molecule has 2 bridgehead atoms. The van der Waals surface area contributed by atoms with Crippen molar-refractivity contribution in [2.45, 2.75) is 66.8 Å². The van der Waals surface area contributed by atoms with E-state index in [1.54, 1.807) is 0 Å². The van der Waals surface area contributed by atoms with Crippen molar-refractivity contribution in [1.29, 1.82) is 0 Å². The van der Waals surface area contributed by atoms with Gasteiger partial charge < -0.3 is 0 Å². The largest absolute Gasteiger partial charge is 0.284 e. The highest BCUT2D eigenvalue weighted by Gasteiger charge is 2.62. The summed E-state index contributed by atoms with van der Waals surface area (Å²) in [7, 11) is 0. The van der Waals surface area contributed by atoms with E-state index >= 15 is 0 Å². The summed E-state index contributed by atoms with van der Waals surface area (Å²) in [5.74, 6) is 1.93. The molecule has 0 aromatic heterocycles. The predicted octanol–water partition coefficient (Wildman–Crippen LogP) is 2.99. The van der Waals surface area contributed by atoms with Crippen LogP contribution in [0.25, 0.3) is 0 Å². The van der Waals surface area contributed by atoms with Crippen molar-refractivity contribution >= 4 is 11.6 Å². The topological polar surface area (TPSA) is 32.1 Å². The Kier molecular flexibility index (Phi) is 3.76. The van der Waals surface area contributed by atoms with Gasteiger partial charge in [0.25, 0.3) is 5.91 Å². The van der Waals surface area contributed by atoms with Crippen LogP contribution in [0.5, 0.6) is 0 Å². The number of carbonyl (C=O) groups excluding carboxylic acids is 1. The fourth-order valence-electron chi connectivity index (χ4n) is 3.94. The molecular weight excluding hydrogens is 236 g/mol. The molecule has 1 aliphatic heterocycles. The van der Waals surface area contributed by atoms with Crippen LogP contribution in [0.3, 0.4) is 0 Å². The molecule has 3 fully saturated rings. The van der Waals surface area contributed by atoms with Crippen LogP contribution in [0, 0.1) is 23.2 Å². The van der Waals surface area contributed by atoms with Gasteiger partial charge in [0.2, 0.25) is 0 Å². The van der Waals surface area contributed by atoms with Gasteiger partial charge in [-0.25, -0.2) is 0 Å². The predicted molar refractivity (Wildman–Crippen MR) is 78.0 cm³/mol. The lowest BCUT2D eigenvalue weighted by molar-refractivity contribution is -0.606. The number of rotatable bonds is 0. The third-order valence-corrected chi connectivity index (χ3v) is 5.15. The molecule has 3 nitrogen and oxygen atoms in total. The fourth-order valence-corrected chi connectivity index (χ4v) is 3.94. The number of hydrogen-bond donors (Lipinski definition) is 1. The van der Waals surface area contributed by atoms with E-state index in [1.165, 1.54) is 25.0 Å². The lowest BCUT2D eigenvalue weighted by atomic mass is 9.84. The fraction of sp³-hybridized carbons (Fsp3) is 0.875. The smallest absolute Gasteiger partial charge is 0.269 e. The molecule has 3 rings (SSSR count). The van der Waals surface area contributed by atoms with Crippen molar-refractivity contribution in [3.05, 3.63) is 0 Å². The first-order chi connectivity index (χ1) is 8.89. The molecule has 0 radical (unpaired) electrons. The minimum atomic E-state index is 0.129. The number of hydrazine groups is 1. The van der Waals surface area contributed by atoms with Crippen LogP contribution >= 0.6 is 0 Å². The summed E-state index contributed by atoms with van der Waals surface area (Å²) in [4.78, 5) is 12.1. The third kappa shape index (κ3) is 2.21. The van der Waals surface area contributed by atoms with Crippen molar-refractivity contribution in [3.8, 4) is 0 Å². The molecule has 3 heteroatoms. The first-order valence-electron chi connectivity index (χ1n) is 7.83. The molecule has 4 atom stereocenters. The van der Waals surface area contributed by atoms with Gasteiger partial charge in [-0.1, -0.05) is 34.6 Å². The summed E-state index contributed by atoms with van der Waals surface area (Å²) >= 11 is 0. The Morgan fingerprint density at radius 2 is 1.79 bits per heavy atom. The second kappa shape index (κ2) is 4.92. The molecule has 2 aliphatic carbocycles. The van der Waals surface area contributed by atoms with Gasteiger partial charge in [-0.3, -0.25) is 4.79 Å². The van der Waals surface area contributed by atoms with Crippen LogP contribution in [-0.2, 0) is 4.79 Å². The van der Waals surface area contributed by atoms with E-state index in [-0.39, 0.29) is 17.2 Å². The first kappa shape index (κ1) is 14.5. The maximum Gasteiger partial charge on any atom is 0.284 e. The van der Waals surface area contributed by atoms with Crippen LogP contribution in [0.1, 0.15) is 60.8 Å². The zero-order chi connectivity index (χ0) is 14.4. The summed E-state index contributed by atoms with van der Waals surface area (Å²) in [6.07, 6.45) is 3.85. The normalized spacial score (nSPS) is 38.5. The van der Waals surface area contributed by atoms with Gasteiger partial charge in [0.1, 0.15) is 5.92 Å². The summed E-state index contributed by atoms with van der Waals surface area (Å²) in [6.45, 7) is 12.8. The number of nitrogens with one attached hydrogen (secondary N) is 1. The maximum atomic E-state index is 12.1.